The van der Waals surface area contributed by atoms with Crippen molar-refractivity contribution in [1.82, 2.24) is 5.32 Å². The molecule has 1 saturated heterocycles. The second-order valence-corrected chi connectivity index (χ2v) is 28.5. The molecule has 1 heterocycles. The van der Waals surface area contributed by atoms with Gasteiger partial charge in [-0.3, -0.25) is 4.79 Å². The van der Waals surface area contributed by atoms with Crippen LogP contribution in [-0.4, -0.2) is 110 Å². The molecule has 0 spiro atoms. The summed E-state index contributed by atoms with van der Waals surface area (Å²) in [5.74, 6) is -0.704. The highest BCUT2D eigenvalue weighted by Crippen LogP contribution is 2.24. The summed E-state index contributed by atoms with van der Waals surface area (Å²) in [4.78, 5) is 13.3. The molecule has 0 radical (unpaired) electrons. The maximum Gasteiger partial charge on any atom is 0.249 e. The van der Waals surface area contributed by atoms with Gasteiger partial charge >= 0.3 is 0 Å². The number of ether oxygens (including phenoxy) is 2. The molecule has 0 aromatic heterocycles. The molecule has 9 unspecified atom stereocenters. The van der Waals surface area contributed by atoms with Crippen LogP contribution < -0.4 is 5.32 Å². The van der Waals surface area contributed by atoms with Gasteiger partial charge in [-0.2, -0.15) is 0 Å². The predicted octanol–water partition coefficient (Wildman–Crippen LogP) is 20.9. The van der Waals surface area contributed by atoms with Gasteiger partial charge in [-0.1, -0.05) is 378 Å². The number of carbonyl (C=O) groups is 1. The maximum atomic E-state index is 13.3. The number of unbranched alkanes of at least 4 members (excludes halogenated alkanes) is 54. The first-order valence-electron chi connectivity index (χ1n) is 40.4. The number of aliphatic hydroxyl groups excluding tert-OH is 7. The molecule has 1 fully saturated rings. The van der Waals surface area contributed by atoms with E-state index in [1.54, 1.807) is 0 Å². The summed E-state index contributed by atoms with van der Waals surface area (Å²) in [5, 5.41) is 76.7. The van der Waals surface area contributed by atoms with E-state index in [1.165, 1.54) is 315 Å². The van der Waals surface area contributed by atoms with Crippen molar-refractivity contribution in [2.75, 3.05) is 13.2 Å². The molecule has 544 valence electrons. The smallest absolute Gasteiger partial charge is 0.249 e. The molecule has 0 aliphatic carbocycles. The molecule has 1 rings (SSSR count). The Balaban J connectivity index is 2.15. The fourth-order valence-corrected chi connectivity index (χ4v) is 13.2. The SMILES string of the molecule is CCCCCCCCCCCCCCCCCC/C=C/CC/C=C/CC/C=C/CCCC(O)C(O)C(COC1OC(CO)C(O)C(O)C1O)NC(=O)C(O)CCCCCCCCCCCCCCCCCCCCCCCCCCCCCCCCCCCCCC. The Morgan fingerprint density at radius 2 is 0.652 bits per heavy atom. The highest BCUT2D eigenvalue weighted by molar-refractivity contribution is 5.80. The van der Waals surface area contributed by atoms with Crippen LogP contribution in [0.3, 0.4) is 0 Å². The molecule has 9 atom stereocenters. The van der Waals surface area contributed by atoms with E-state index in [9.17, 15) is 40.5 Å². The standard InChI is InChI=1S/C81H155NO10/c1-3-5-7-9-11-13-15-17-19-21-23-25-27-29-31-33-34-35-36-37-38-39-41-43-45-47-49-51-53-55-57-59-61-63-65-67-69-74(85)80(90)82-72(71-91-81-79(89)78(88)77(87)75(70-83)92-81)76(86)73(84)68-66-64-62-60-58-56-54-52-50-48-46-44-42-40-32-30-28-26-24-22-20-18-16-14-12-10-8-6-4-2/h44,46,52,54,60,62,72-79,81,83-89H,3-43,45,47-51,53,55-59,61,63-71H2,1-2H3,(H,82,90)/b46-44+,54-52+,62-60+. The number of carbonyl (C=O) groups excluding carboxylic acids is 1. The summed E-state index contributed by atoms with van der Waals surface area (Å²) in [6.07, 6.45) is 79.9. The third-order valence-electron chi connectivity index (χ3n) is 19.7. The predicted molar refractivity (Wildman–Crippen MR) is 390 cm³/mol. The topological polar surface area (TPSA) is 189 Å². The minimum absolute atomic E-state index is 0.243. The van der Waals surface area contributed by atoms with Gasteiger partial charge in [0.25, 0.3) is 0 Å². The molecule has 0 aromatic carbocycles. The molecule has 1 aliphatic rings. The lowest BCUT2D eigenvalue weighted by molar-refractivity contribution is -0.303. The van der Waals surface area contributed by atoms with Crippen LogP contribution in [0.4, 0.5) is 0 Å². The summed E-state index contributed by atoms with van der Waals surface area (Å²) in [6.45, 7) is 3.51. The molecule has 1 amide bonds. The molecule has 0 bridgehead atoms. The molecule has 11 heteroatoms. The highest BCUT2D eigenvalue weighted by atomic mass is 16.7. The van der Waals surface area contributed by atoms with E-state index in [0.29, 0.717) is 19.3 Å². The van der Waals surface area contributed by atoms with Gasteiger partial charge in [0, 0.05) is 0 Å². The number of aliphatic hydroxyl groups is 7. The Hall–Kier alpha value is -1.67. The highest BCUT2D eigenvalue weighted by Gasteiger charge is 2.44. The number of hydrogen-bond donors (Lipinski definition) is 8. The van der Waals surface area contributed by atoms with E-state index in [2.05, 4.69) is 55.6 Å². The first-order chi connectivity index (χ1) is 45.2. The second kappa shape index (κ2) is 69.2. The Labute approximate surface area is 568 Å². The summed E-state index contributed by atoms with van der Waals surface area (Å²) < 4.78 is 11.2. The molecule has 8 N–H and O–H groups in total. The van der Waals surface area contributed by atoms with Gasteiger partial charge in [0.1, 0.15) is 36.6 Å². The fourth-order valence-electron chi connectivity index (χ4n) is 13.2. The lowest BCUT2D eigenvalue weighted by Gasteiger charge is -2.40. The van der Waals surface area contributed by atoms with Crippen LogP contribution in [0.15, 0.2) is 36.5 Å². The largest absolute Gasteiger partial charge is 0.394 e. The van der Waals surface area contributed by atoms with Gasteiger partial charge in [-0.15, -0.1) is 0 Å². The number of amides is 1. The number of rotatable bonds is 72. The van der Waals surface area contributed by atoms with Crippen LogP contribution in [0, 0.1) is 0 Å². The third kappa shape index (κ3) is 55.3. The molecular formula is C81H155NO10. The first kappa shape index (κ1) is 88.3. The molecule has 1 aliphatic heterocycles. The van der Waals surface area contributed by atoms with Crippen molar-refractivity contribution in [3.63, 3.8) is 0 Å². The van der Waals surface area contributed by atoms with E-state index in [4.69, 9.17) is 9.47 Å². The van der Waals surface area contributed by atoms with Crippen LogP contribution in [0.1, 0.15) is 406 Å². The zero-order valence-corrected chi connectivity index (χ0v) is 60.6. The number of nitrogens with one attached hydrogen (secondary N) is 1. The van der Waals surface area contributed by atoms with Gasteiger partial charge in [-0.05, 0) is 64.2 Å². The van der Waals surface area contributed by atoms with Gasteiger partial charge in [-0.25, -0.2) is 0 Å². The maximum absolute atomic E-state index is 13.3. The zero-order chi connectivity index (χ0) is 66.7. The molecule has 11 nitrogen and oxygen atoms in total. The molecular weight excluding hydrogens is 1150 g/mol. The van der Waals surface area contributed by atoms with Gasteiger partial charge in [0.15, 0.2) is 6.29 Å². The summed E-state index contributed by atoms with van der Waals surface area (Å²) in [7, 11) is 0. The molecule has 92 heavy (non-hydrogen) atoms. The third-order valence-corrected chi connectivity index (χ3v) is 19.7. The van der Waals surface area contributed by atoms with Crippen LogP contribution in [-0.2, 0) is 14.3 Å². The van der Waals surface area contributed by atoms with Crippen molar-refractivity contribution < 1.29 is 50.0 Å². The Morgan fingerprint density at radius 3 is 0.967 bits per heavy atom. The van der Waals surface area contributed by atoms with Crippen molar-refractivity contribution in [3.8, 4) is 0 Å². The average molecular weight is 1300 g/mol. The van der Waals surface area contributed by atoms with E-state index in [1.807, 2.05) is 0 Å². The Kier molecular flexibility index (Phi) is 66.5. The normalized spacial score (nSPS) is 18.5. The second-order valence-electron chi connectivity index (χ2n) is 28.5. The van der Waals surface area contributed by atoms with Crippen LogP contribution in [0.5, 0.6) is 0 Å². The van der Waals surface area contributed by atoms with Gasteiger partial charge < -0.3 is 50.5 Å². The summed E-state index contributed by atoms with van der Waals surface area (Å²) in [5.41, 5.74) is 0. The van der Waals surface area contributed by atoms with Crippen LogP contribution in [0.2, 0.25) is 0 Å². The molecule has 0 aromatic rings. The average Bonchev–Trinajstić information content (AvgIpc) is 0.941. The van der Waals surface area contributed by atoms with Crippen molar-refractivity contribution in [2.45, 2.75) is 461 Å². The van der Waals surface area contributed by atoms with Crippen LogP contribution >= 0.6 is 0 Å². The minimum atomic E-state index is -1.67. The lowest BCUT2D eigenvalue weighted by atomic mass is 9.98. The Morgan fingerprint density at radius 1 is 0.370 bits per heavy atom. The van der Waals surface area contributed by atoms with Gasteiger partial charge in [0.05, 0.1) is 25.4 Å². The van der Waals surface area contributed by atoms with Crippen molar-refractivity contribution in [1.29, 1.82) is 0 Å². The van der Waals surface area contributed by atoms with Crippen molar-refractivity contribution in [2.24, 2.45) is 0 Å². The fraction of sp³-hybridized carbons (Fsp3) is 0.914. The quantitative estimate of drug-likeness (QED) is 0.0215. The van der Waals surface area contributed by atoms with Crippen LogP contribution in [0.25, 0.3) is 0 Å². The lowest BCUT2D eigenvalue weighted by Crippen LogP contribution is -2.60. The van der Waals surface area contributed by atoms with E-state index in [0.717, 1.165) is 44.9 Å². The van der Waals surface area contributed by atoms with Crippen molar-refractivity contribution >= 4 is 5.91 Å². The summed E-state index contributed by atoms with van der Waals surface area (Å²) in [6, 6.07) is -1.20. The molecule has 0 saturated carbocycles. The van der Waals surface area contributed by atoms with E-state index < -0.39 is 74.2 Å². The van der Waals surface area contributed by atoms with E-state index >= 15 is 0 Å². The first-order valence-corrected chi connectivity index (χ1v) is 40.4. The monoisotopic (exact) mass is 1300 g/mol. The van der Waals surface area contributed by atoms with E-state index in [-0.39, 0.29) is 12.8 Å². The van der Waals surface area contributed by atoms with Gasteiger partial charge in [0.2, 0.25) is 5.91 Å². The number of allylic oxidation sites excluding steroid dienone is 6. The van der Waals surface area contributed by atoms with Crippen molar-refractivity contribution in [3.05, 3.63) is 36.5 Å². The Bertz CT molecular complexity index is 1590. The minimum Gasteiger partial charge on any atom is -0.394 e. The zero-order valence-electron chi connectivity index (χ0n) is 60.6. The summed E-state index contributed by atoms with van der Waals surface area (Å²) >= 11 is 0. The number of hydrogen-bond acceptors (Lipinski definition) is 10.